The van der Waals surface area contributed by atoms with E-state index in [2.05, 4.69) is 25.1 Å². The van der Waals surface area contributed by atoms with Gasteiger partial charge in [-0.05, 0) is 43.5 Å². The molecule has 1 N–H and O–H groups in total. The number of halogens is 1. The number of amides is 1. The zero-order valence-electron chi connectivity index (χ0n) is 12.4. The average Bonchev–Trinajstić information content (AvgIpc) is 2.99. The van der Waals surface area contributed by atoms with Crippen LogP contribution in [0.4, 0.5) is 0 Å². The highest BCUT2D eigenvalue weighted by molar-refractivity contribution is 6.32. The predicted molar refractivity (Wildman–Crippen MR) is 87.3 cm³/mol. The second-order valence-electron chi connectivity index (χ2n) is 5.74. The summed E-state index contributed by atoms with van der Waals surface area (Å²) >= 11 is 5.92. The molecular weight excluding hydrogens is 298 g/mol. The average molecular weight is 316 g/mol. The Balaban J connectivity index is 1.89. The Morgan fingerprint density at radius 1 is 1.27 bits per heavy atom. The van der Waals surface area contributed by atoms with Gasteiger partial charge < -0.3 is 10.0 Å². The molecular formula is C18H18ClNO2. The van der Waals surface area contributed by atoms with E-state index < -0.39 is 0 Å². The molecule has 1 atom stereocenters. The molecule has 0 bridgehead atoms. The first-order valence-corrected chi connectivity index (χ1v) is 7.80. The van der Waals surface area contributed by atoms with Gasteiger partial charge in [0.15, 0.2) is 0 Å². The van der Waals surface area contributed by atoms with Crippen LogP contribution in [-0.2, 0) is 0 Å². The normalized spacial score (nSPS) is 17.7. The molecule has 1 fully saturated rings. The Kier molecular flexibility index (Phi) is 4.08. The van der Waals surface area contributed by atoms with Crippen molar-refractivity contribution >= 4 is 17.5 Å². The summed E-state index contributed by atoms with van der Waals surface area (Å²) in [4.78, 5) is 14.7. The van der Waals surface area contributed by atoms with Crippen LogP contribution in [0.2, 0.25) is 5.02 Å². The number of rotatable bonds is 2. The van der Waals surface area contributed by atoms with Crippen LogP contribution in [0.1, 0.15) is 40.4 Å². The number of likely N-dealkylation sites (tertiary alicyclic amines) is 1. The lowest BCUT2D eigenvalue weighted by atomic mass is 10.0. The van der Waals surface area contributed by atoms with E-state index in [4.69, 9.17) is 11.6 Å². The summed E-state index contributed by atoms with van der Waals surface area (Å²) < 4.78 is 0. The van der Waals surface area contributed by atoms with E-state index in [0.29, 0.717) is 5.56 Å². The van der Waals surface area contributed by atoms with E-state index in [1.165, 1.54) is 23.3 Å². The molecule has 0 aliphatic carbocycles. The highest BCUT2D eigenvalue weighted by atomic mass is 35.5. The van der Waals surface area contributed by atoms with Gasteiger partial charge in [-0.25, -0.2) is 0 Å². The molecule has 1 amide bonds. The number of aromatic hydroxyl groups is 1. The molecule has 0 saturated carbocycles. The van der Waals surface area contributed by atoms with Crippen LogP contribution in [0.15, 0.2) is 42.5 Å². The molecule has 1 unspecified atom stereocenters. The highest BCUT2D eigenvalue weighted by Gasteiger charge is 2.30. The van der Waals surface area contributed by atoms with Crippen molar-refractivity contribution < 1.29 is 9.90 Å². The number of phenolic OH excluding ortho intramolecular Hbond substituents is 1. The number of benzene rings is 2. The fourth-order valence-electron chi connectivity index (χ4n) is 3.04. The molecule has 0 radical (unpaired) electrons. The van der Waals surface area contributed by atoms with Gasteiger partial charge in [-0.2, -0.15) is 0 Å². The van der Waals surface area contributed by atoms with Crippen molar-refractivity contribution in [3.05, 3.63) is 64.2 Å². The van der Waals surface area contributed by atoms with Gasteiger partial charge in [0.1, 0.15) is 5.75 Å². The van der Waals surface area contributed by atoms with Gasteiger partial charge >= 0.3 is 0 Å². The number of carbonyl (C=O) groups is 1. The van der Waals surface area contributed by atoms with Gasteiger partial charge in [-0.1, -0.05) is 41.4 Å². The summed E-state index contributed by atoms with van der Waals surface area (Å²) in [5.74, 6) is -0.0409. The maximum Gasteiger partial charge on any atom is 0.254 e. The third-order valence-corrected chi connectivity index (χ3v) is 4.44. The van der Waals surface area contributed by atoms with Crippen LogP contribution in [0.3, 0.4) is 0 Å². The van der Waals surface area contributed by atoms with E-state index >= 15 is 0 Å². The van der Waals surface area contributed by atoms with E-state index in [9.17, 15) is 9.90 Å². The Labute approximate surface area is 135 Å². The van der Waals surface area contributed by atoms with Crippen molar-refractivity contribution in [2.45, 2.75) is 25.8 Å². The molecule has 1 aliphatic heterocycles. The summed E-state index contributed by atoms with van der Waals surface area (Å²) in [6.45, 7) is 2.81. The monoisotopic (exact) mass is 315 g/mol. The molecule has 22 heavy (non-hydrogen) atoms. The van der Waals surface area contributed by atoms with Crippen LogP contribution in [0, 0.1) is 6.92 Å². The number of phenols is 1. The molecule has 1 aliphatic rings. The van der Waals surface area contributed by atoms with Gasteiger partial charge in [-0.3, -0.25) is 4.79 Å². The quantitative estimate of drug-likeness (QED) is 0.896. The third kappa shape index (κ3) is 2.81. The van der Waals surface area contributed by atoms with Gasteiger partial charge in [0.2, 0.25) is 0 Å². The van der Waals surface area contributed by atoms with Gasteiger partial charge in [0.05, 0.1) is 11.1 Å². The van der Waals surface area contributed by atoms with Crippen molar-refractivity contribution in [3.63, 3.8) is 0 Å². The zero-order chi connectivity index (χ0) is 15.7. The van der Waals surface area contributed by atoms with E-state index in [0.717, 1.165) is 19.4 Å². The number of hydrogen-bond acceptors (Lipinski definition) is 2. The van der Waals surface area contributed by atoms with E-state index in [-0.39, 0.29) is 22.7 Å². The lowest BCUT2D eigenvalue weighted by Gasteiger charge is -2.25. The second-order valence-corrected chi connectivity index (χ2v) is 6.14. The predicted octanol–water partition coefficient (Wildman–Crippen LogP) is 4.33. The third-order valence-electron chi connectivity index (χ3n) is 4.14. The molecule has 1 saturated heterocycles. The molecule has 1 heterocycles. The minimum Gasteiger partial charge on any atom is -0.506 e. The van der Waals surface area contributed by atoms with E-state index in [1.54, 1.807) is 6.07 Å². The van der Waals surface area contributed by atoms with Crippen LogP contribution < -0.4 is 0 Å². The minimum atomic E-state index is -0.0362. The molecule has 0 spiro atoms. The topological polar surface area (TPSA) is 40.5 Å². The Morgan fingerprint density at radius 2 is 2.09 bits per heavy atom. The Hall–Kier alpha value is -2.00. The fraction of sp³-hybridized carbons (Fsp3) is 0.278. The highest BCUT2D eigenvalue weighted by Crippen LogP contribution is 2.34. The van der Waals surface area contributed by atoms with Crippen LogP contribution in [0.25, 0.3) is 0 Å². The minimum absolute atomic E-state index is 0.00475. The van der Waals surface area contributed by atoms with Crippen molar-refractivity contribution in [2.75, 3.05) is 6.54 Å². The Bertz CT molecular complexity index is 714. The SMILES string of the molecule is Cc1cccc(C2CCCN2C(=O)c2ccc(O)c(Cl)c2)c1. The number of carbonyl (C=O) groups excluding carboxylic acids is 1. The summed E-state index contributed by atoms with van der Waals surface area (Å²) in [6.07, 6.45) is 1.97. The standard InChI is InChI=1S/C18H18ClNO2/c1-12-4-2-5-13(10-12)16-6-3-9-20(16)18(22)14-7-8-17(21)15(19)11-14/h2,4-5,7-8,10-11,16,21H,3,6,9H2,1H3. The number of hydrogen-bond donors (Lipinski definition) is 1. The summed E-state index contributed by atoms with van der Waals surface area (Å²) in [5.41, 5.74) is 2.89. The lowest BCUT2D eigenvalue weighted by Crippen LogP contribution is -2.30. The first-order valence-electron chi connectivity index (χ1n) is 7.42. The molecule has 4 heteroatoms. The smallest absolute Gasteiger partial charge is 0.254 e. The summed E-state index contributed by atoms with van der Waals surface area (Å²) in [7, 11) is 0. The molecule has 3 nitrogen and oxygen atoms in total. The van der Waals surface area contributed by atoms with Gasteiger partial charge in [0, 0.05) is 12.1 Å². The molecule has 114 valence electrons. The van der Waals surface area contributed by atoms with E-state index in [1.807, 2.05) is 11.0 Å². The second kappa shape index (κ2) is 6.01. The zero-order valence-corrected chi connectivity index (χ0v) is 13.2. The molecule has 3 rings (SSSR count). The first-order chi connectivity index (χ1) is 10.6. The van der Waals surface area contributed by atoms with Crippen molar-refractivity contribution in [3.8, 4) is 5.75 Å². The fourth-order valence-corrected chi connectivity index (χ4v) is 3.22. The number of nitrogens with zero attached hydrogens (tertiary/aromatic N) is 1. The maximum absolute atomic E-state index is 12.8. The van der Waals surface area contributed by atoms with Crippen molar-refractivity contribution in [1.82, 2.24) is 4.90 Å². The van der Waals surface area contributed by atoms with Crippen LogP contribution in [0.5, 0.6) is 5.75 Å². The van der Waals surface area contributed by atoms with Crippen LogP contribution in [-0.4, -0.2) is 22.5 Å². The molecule has 2 aromatic rings. The van der Waals surface area contributed by atoms with Gasteiger partial charge in [0.25, 0.3) is 5.91 Å². The molecule has 0 aromatic heterocycles. The first kappa shape index (κ1) is 14.9. The summed E-state index contributed by atoms with van der Waals surface area (Å²) in [6, 6.07) is 13.0. The maximum atomic E-state index is 12.8. The number of aryl methyl sites for hydroxylation is 1. The largest absolute Gasteiger partial charge is 0.506 e. The van der Waals surface area contributed by atoms with Crippen molar-refractivity contribution in [2.24, 2.45) is 0 Å². The van der Waals surface area contributed by atoms with Crippen molar-refractivity contribution in [1.29, 1.82) is 0 Å². The molecule has 2 aromatic carbocycles. The van der Waals surface area contributed by atoms with Gasteiger partial charge in [-0.15, -0.1) is 0 Å². The Morgan fingerprint density at radius 3 is 2.82 bits per heavy atom. The lowest BCUT2D eigenvalue weighted by molar-refractivity contribution is 0.0735. The summed E-state index contributed by atoms with van der Waals surface area (Å²) in [5, 5.41) is 9.70. The van der Waals surface area contributed by atoms with Crippen LogP contribution >= 0.6 is 11.6 Å².